The van der Waals surface area contributed by atoms with Crippen LogP contribution in [0.5, 0.6) is 0 Å². The van der Waals surface area contributed by atoms with E-state index in [1.54, 1.807) is 0 Å². The molecule has 0 saturated carbocycles. The van der Waals surface area contributed by atoms with E-state index < -0.39 is 0 Å². The highest BCUT2D eigenvalue weighted by Gasteiger charge is 2.30. The number of carbonyl (C=O) groups excluding carboxylic acids is 1. The standard InChI is InChI=1S/C23H27N3OS/c1-13(2)17-9-11-18(12-10-17)21-20(16(5)24-23(28)26-21)22(27)25-19-8-6-7-14(3)15(19)4/h6-13,21H,1-5H3,(H,25,27)(H2,24,26,28)/t21-/m1/s1. The molecule has 3 N–H and O–H groups in total. The highest BCUT2D eigenvalue weighted by atomic mass is 32.1. The summed E-state index contributed by atoms with van der Waals surface area (Å²) in [5.41, 5.74) is 6.73. The van der Waals surface area contributed by atoms with Gasteiger partial charge in [-0.25, -0.2) is 0 Å². The van der Waals surface area contributed by atoms with E-state index in [9.17, 15) is 4.79 Å². The Morgan fingerprint density at radius 3 is 2.39 bits per heavy atom. The molecular formula is C23H27N3OS. The number of allylic oxidation sites excluding steroid dienone is 1. The summed E-state index contributed by atoms with van der Waals surface area (Å²) in [4.78, 5) is 13.2. The molecule has 1 heterocycles. The van der Waals surface area contributed by atoms with Gasteiger partial charge in [-0.2, -0.15) is 0 Å². The number of carbonyl (C=O) groups is 1. The summed E-state index contributed by atoms with van der Waals surface area (Å²) in [6.45, 7) is 10.3. The third-order valence-electron chi connectivity index (χ3n) is 5.30. The molecule has 1 aliphatic rings. The van der Waals surface area contributed by atoms with Crippen LogP contribution in [0.3, 0.4) is 0 Å². The number of aryl methyl sites for hydroxylation is 1. The van der Waals surface area contributed by atoms with E-state index in [4.69, 9.17) is 12.2 Å². The Kier molecular flexibility index (Phi) is 5.84. The van der Waals surface area contributed by atoms with Gasteiger partial charge in [-0.3, -0.25) is 4.79 Å². The monoisotopic (exact) mass is 393 g/mol. The van der Waals surface area contributed by atoms with Crippen molar-refractivity contribution >= 4 is 28.9 Å². The fourth-order valence-electron chi connectivity index (χ4n) is 3.39. The van der Waals surface area contributed by atoms with E-state index in [1.807, 2.05) is 39.0 Å². The van der Waals surface area contributed by atoms with Crippen molar-refractivity contribution < 1.29 is 4.79 Å². The fourth-order valence-corrected chi connectivity index (χ4v) is 3.67. The van der Waals surface area contributed by atoms with Gasteiger partial charge < -0.3 is 16.0 Å². The maximum Gasteiger partial charge on any atom is 0.255 e. The van der Waals surface area contributed by atoms with Crippen LogP contribution in [0.25, 0.3) is 0 Å². The minimum absolute atomic E-state index is 0.133. The Bertz CT molecular complexity index is 945. The average Bonchev–Trinajstić information content (AvgIpc) is 2.64. The van der Waals surface area contributed by atoms with Crippen LogP contribution >= 0.6 is 12.2 Å². The first-order valence-electron chi connectivity index (χ1n) is 9.53. The molecule has 0 saturated heterocycles. The molecule has 0 aromatic heterocycles. The van der Waals surface area contributed by atoms with Crippen LogP contribution in [-0.2, 0) is 4.79 Å². The summed E-state index contributed by atoms with van der Waals surface area (Å²) in [7, 11) is 0. The first-order chi connectivity index (χ1) is 13.3. The molecule has 0 fully saturated rings. The molecule has 0 radical (unpaired) electrons. The van der Waals surface area contributed by atoms with Crippen LogP contribution in [0.1, 0.15) is 55.0 Å². The average molecular weight is 394 g/mol. The van der Waals surface area contributed by atoms with Crippen molar-refractivity contribution in [2.24, 2.45) is 0 Å². The highest BCUT2D eigenvalue weighted by Crippen LogP contribution is 2.29. The van der Waals surface area contributed by atoms with Gasteiger partial charge in [0.1, 0.15) is 0 Å². The molecule has 1 amide bonds. The van der Waals surface area contributed by atoms with E-state index in [0.717, 1.165) is 28.1 Å². The molecule has 5 heteroatoms. The summed E-state index contributed by atoms with van der Waals surface area (Å²) >= 11 is 5.35. The summed E-state index contributed by atoms with van der Waals surface area (Å²) in [5.74, 6) is 0.326. The van der Waals surface area contributed by atoms with Gasteiger partial charge in [-0.15, -0.1) is 0 Å². The van der Waals surface area contributed by atoms with Gasteiger partial charge in [0.2, 0.25) is 0 Å². The lowest BCUT2D eigenvalue weighted by molar-refractivity contribution is -0.113. The van der Waals surface area contributed by atoms with Crippen molar-refractivity contribution in [3.05, 3.63) is 76.0 Å². The Morgan fingerprint density at radius 2 is 1.75 bits per heavy atom. The minimum Gasteiger partial charge on any atom is -0.351 e. The van der Waals surface area contributed by atoms with Crippen LogP contribution in [0.15, 0.2) is 53.7 Å². The van der Waals surface area contributed by atoms with Crippen LogP contribution in [-0.4, -0.2) is 11.0 Å². The Labute approximate surface area is 172 Å². The number of rotatable bonds is 4. The molecule has 0 spiro atoms. The maximum absolute atomic E-state index is 13.2. The quantitative estimate of drug-likeness (QED) is 0.650. The van der Waals surface area contributed by atoms with Gasteiger partial charge in [0.05, 0.1) is 11.6 Å². The van der Waals surface area contributed by atoms with Crippen molar-refractivity contribution in [2.75, 3.05) is 5.32 Å². The van der Waals surface area contributed by atoms with Crippen LogP contribution in [0, 0.1) is 13.8 Å². The molecule has 146 valence electrons. The van der Waals surface area contributed by atoms with Crippen molar-refractivity contribution in [1.29, 1.82) is 0 Å². The van der Waals surface area contributed by atoms with Crippen molar-refractivity contribution in [1.82, 2.24) is 10.6 Å². The second-order valence-electron chi connectivity index (χ2n) is 7.59. The predicted molar refractivity (Wildman–Crippen MR) is 119 cm³/mol. The van der Waals surface area contributed by atoms with E-state index in [0.29, 0.717) is 16.6 Å². The summed E-state index contributed by atoms with van der Waals surface area (Å²) in [6.07, 6.45) is 0. The van der Waals surface area contributed by atoms with Gasteiger partial charge >= 0.3 is 0 Å². The Balaban J connectivity index is 1.95. The maximum atomic E-state index is 13.2. The SMILES string of the molecule is CC1=C(C(=O)Nc2cccc(C)c2C)[C@@H](c2ccc(C(C)C)cc2)NC(=S)N1. The smallest absolute Gasteiger partial charge is 0.255 e. The van der Waals surface area contributed by atoms with Crippen LogP contribution in [0.4, 0.5) is 5.69 Å². The predicted octanol–water partition coefficient (Wildman–Crippen LogP) is 4.86. The van der Waals surface area contributed by atoms with Crippen LogP contribution < -0.4 is 16.0 Å². The van der Waals surface area contributed by atoms with Crippen LogP contribution in [0.2, 0.25) is 0 Å². The zero-order chi connectivity index (χ0) is 20.4. The molecule has 1 aliphatic heterocycles. The van der Waals surface area contributed by atoms with Crippen molar-refractivity contribution in [3.8, 4) is 0 Å². The van der Waals surface area contributed by atoms with Crippen molar-refractivity contribution in [2.45, 2.75) is 46.6 Å². The van der Waals surface area contributed by atoms with Gasteiger partial charge in [0, 0.05) is 11.4 Å². The zero-order valence-electron chi connectivity index (χ0n) is 17.0. The molecule has 0 unspecified atom stereocenters. The molecule has 4 nitrogen and oxygen atoms in total. The van der Waals surface area contributed by atoms with E-state index in [-0.39, 0.29) is 11.9 Å². The zero-order valence-corrected chi connectivity index (χ0v) is 17.8. The number of amides is 1. The third kappa shape index (κ3) is 4.09. The largest absolute Gasteiger partial charge is 0.351 e. The number of thiocarbonyl (C=S) groups is 1. The molecule has 0 aliphatic carbocycles. The van der Waals surface area contributed by atoms with Gasteiger partial charge in [0.25, 0.3) is 5.91 Å². The number of benzene rings is 2. The lowest BCUT2D eigenvalue weighted by Gasteiger charge is -2.30. The highest BCUT2D eigenvalue weighted by molar-refractivity contribution is 7.80. The fraction of sp³-hybridized carbons (Fsp3) is 0.304. The molecule has 2 aromatic rings. The first-order valence-corrected chi connectivity index (χ1v) is 9.94. The molecule has 1 atom stereocenters. The van der Waals surface area contributed by atoms with E-state index >= 15 is 0 Å². The topological polar surface area (TPSA) is 53.2 Å². The van der Waals surface area contributed by atoms with E-state index in [1.165, 1.54) is 5.56 Å². The Morgan fingerprint density at radius 1 is 1.07 bits per heavy atom. The van der Waals surface area contributed by atoms with Gasteiger partial charge in [-0.1, -0.05) is 50.2 Å². The summed E-state index contributed by atoms with van der Waals surface area (Å²) in [6, 6.07) is 14.0. The lowest BCUT2D eigenvalue weighted by atomic mass is 9.92. The molecule has 28 heavy (non-hydrogen) atoms. The lowest BCUT2D eigenvalue weighted by Crippen LogP contribution is -2.45. The number of anilines is 1. The molecular weight excluding hydrogens is 366 g/mol. The summed E-state index contributed by atoms with van der Waals surface area (Å²) in [5, 5.41) is 9.95. The first kappa shape index (κ1) is 20.1. The second kappa shape index (κ2) is 8.15. The second-order valence-corrected chi connectivity index (χ2v) is 8.00. The number of hydrogen-bond donors (Lipinski definition) is 3. The Hall–Kier alpha value is -2.66. The number of nitrogens with one attached hydrogen (secondary N) is 3. The van der Waals surface area contributed by atoms with Gasteiger partial charge in [-0.05, 0) is 67.2 Å². The third-order valence-corrected chi connectivity index (χ3v) is 5.52. The molecule has 3 rings (SSSR count). The molecule has 0 bridgehead atoms. The normalized spacial score (nSPS) is 16.6. The van der Waals surface area contributed by atoms with Gasteiger partial charge in [0.15, 0.2) is 5.11 Å². The minimum atomic E-state index is -0.292. The summed E-state index contributed by atoms with van der Waals surface area (Å²) < 4.78 is 0. The van der Waals surface area contributed by atoms with E-state index in [2.05, 4.69) is 54.1 Å². The molecule has 2 aromatic carbocycles. The van der Waals surface area contributed by atoms with Crippen molar-refractivity contribution in [3.63, 3.8) is 0 Å². The number of hydrogen-bond acceptors (Lipinski definition) is 2.